The van der Waals surface area contributed by atoms with E-state index < -0.39 is 15.0 Å². The lowest BCUT2D eigenvalue weighted by molar-refractivity contribution is 0.436. The zero-order valence-electron chi connectivity index (χ0n) is 10.4. The van der Waals surface area contributed by atoms with Gasteiger partial charge in [0.25, 0.3) is 10.1 Å². The highest BCUT2D eigenvalue weighted by atomic mass is 32.2. The third kappa shape index (κ3) is 2.92. The molecule has 0 radical (unpaired) electrons. The number of allylic oxidation sites excluding steroid dienone is 2. The highest BCUT2D eigenvalue weighted by Crippen LogP contribution is 2.29. The Labute approximate surface area is 117 Å². The molecular weight excluding hydrogens is 282 g/mol. The van der Waals surface area contributed by atoms with E-state index in [0.717, 1.165) is 10.5 Å². The molecule has 0 aliphatic carbocycles. The summed E-state index contributed by atoms with van der Waals surface area (Å²) in [7, 11) is -4.25. The van der Waals surface area contributed by atoms with Gasteiger partial charge in [0.15, 0.2) is 4.87 Å². The van der Waals surface area contributed by atoms with Crippen LogP contribution in [-0.2, 0) is 10.1 Å². The summed E-state index contributed by atoms with van der Waals surface area (Å²) < 4.78 is 35.6. The maximum Gasteiger partial charge on any atom is 0.288 e. The summed E-state index contributed by atoms with van der Waals surface area (Å²) in [5.74, 6) is 0. The van der Waals surface area contributed by atoms with Crippen LogP contribution in [0.25, 0.3) is 6.08 Å². The van der Waals surface area contributed by atoms with Gasteiger partial charge in [-0.15, -0.1) is 0 Å². The smallest absolute Gasteiger partial charge is 0.284 e. The molecule has 0 spiro atoms. The monoisotopic (exact) mass is 297 g/mol. The van der Waals surface area contributed by atoms with Crippen molar-refractivity contribution in [1.29, 1.82) is 0 Å². The number of nitrogens with one attached hydrogen (secondary N) is 1. The predicted molar refractivity (Wildman–Crippen MR) is 78.2 cm³/mol. The summed E-state index contributed by atoms with van der Waals surface area (Å²) in [6.45, 7) is 1.71. The van der Waals surface area contributed by atoms with Crippen LogP contribution in [0.15, 0.2) is 47.4 Å². The SMILES string of the molecule is CCC1(S(=O)(=O)O)C=CC=Cc2ccccc2SN1. The summed E-state index contributed by atoms with van der Waals surface area (Å²) in [5.41, 5.74) is 0.992. The van der Waals surface area contributed by atoms with Crippen LogP contribution in [-0.4, -0.2) is 17.8 Å². The topological polar surface area (TPSA) is 66.4 Å². The van der Waals surface area contributed by atoms with E-state index in [9.17, 15) is 13.0 Å². The molecule has 19 heavy (non-hydrogen) atoms. The maximum atomic E-state index is 11.6. The van der Waals surface area contributed by atoms with E-state index in [4.69, 9.17) is 0 Å². The molecule has 2 rings (SSSR count). The zero-order valence-corrected chi connectivity index (χ0v) is 12.0. The maximum absolute atomic E-state index is 11.6. The Kier molecular flexibility index (Phi) is 4.15. The van der Waals surface area contributed by atoms with Crippen LogP contribution in [0, 0.1) is 0 Å². The molecule has 0 bridgehead atoms. The molecule has 1 aliphatic rings. The fraction of sp³-hybridized carbons (Fsp3) is 0.231. The molecule has 0 aromatic heterocycles. The molecule has 0 saturated heterocycles. The molecule has 6 heteroatoms. The highest BCUT2D eigenvalue weighted by molar-refractivity contribution is 7.98. The van der Waals surface area contributed by atoms with Gasteiger partial charge < -0.3 is 0 Å². The Hall–Kier alpha value is -1.08. The van der Waals surface area contributed by atoms with E-state index >= 15 is 0 Å². The Morgan fingerprint density at radius 2 is 2.05 bits per heavy atom. The number of fused-ring (bicyclic) bond motifs is 1. The van der Waals surface area contributed by atoms with Crippen molar-refractivity contribution in [2.24, 2.45) is 0 Å². The van der Waals surface area contributed by atoms with Gasteiger partial charge >= 0.3 is 0 Å². The molecule has 1 aliphatic heterocycles. The lowest BCUT2D eigenvalue weighted by atomic mass is 10.2. The first kappa shape index (κ1) is 14.3. The number of benzene rings is 1. The van der Waals surface area contributed by atoms with E-state index in [0.29, 0.717) is 0 Å². The molecule has 1 aromatic rings. The first-order valence-electron chi connectivity index (χ1n) is 5.84. The molecule has 1 aromatic carbocycles. The molecule has 0 saturated carbocycles. The molecule has 102 valence electrons. The number of rotatable bonds is 2. The Morgan fingerprint density at radius 1 is 1.32 bits per heavy atom. The standard InChI is InChI=1S/C13H15NO3S2/c1-2-13(19(15,16)17)10-6-5-8-11-7-3-4-9-12(11)18-14-13/h3-10,14H,2H2,1H3,(H,15,16,17). The zero-order chi connectivity index (χ0) is 13.9. The second-order valence-corrected chi connectivity index (χ2v) is 6.71. The minimum Gasteiger partial charge on any atom is -0.284 e. The van der Waals surface area contributed by atoms with Crippen molar-refractivity contribution < 1.29 is 13.0 Å². The number of hydrogen-bond acceptors (Lipinski definition) is 4. The van der Waals surface area contributed by atoms with Gasteiger partial charge in [0.05, 0.1) is 0 Å². The molecular formula is C13H15NO3S2. The second-order valence-electron chi connectivity index (χ2n) is 4.18. The van der Waals surface area contributed by atoms with Crippen LogP contribution in [0.1, 0.15) is 18.9 Å². The summed E-state index contributed by atoms with van der Waals surface area (Å²) in [6, 6.07) is 7.64. The fourth-order valence-corrected chi connectivity index (χ4v) is 3.83. The average Bonchev–Trinajstić information content (AvgIpc) is 2.46. The van der Waals surface area contributed by atoms with Crippen molar-refractivity contribution >= 4 is 28.1 Å². The van der Waals surface area contributed by atoms with Crippen molar-refractivity contribution in [1.82, 2.24) is 4.72 Å². The Bertz CT molecular complexity index is 623. The van der Waals surface area contributed by atoms with Crippen molar-refractivity contribution in [3.63, 3.8) is 0 Å². The van der Waals surface area contributed by atoms with Gasteiger partial charge in [-0.05, 0) is 36.1 Å². The molecule has 4 nitrogen and oxygen atoms in total. The summed E-state index contributed by atoms with van der Waals surface area (Å²) >= 11 is 1.20. The van der Waals surface area contributed by atoms with Gasteiger partial charge in [-0.25, -0.2) is 4.72 Å². The third-order valence-corrected chi connectivity index (χ3v) is 5.63. The van der Waals surface area contributed by atoms with E-state index in [1.54, 1.807) is 19.1 Å². The van der Waals surface area contributed by atoms with Crippen LogP contribution < -0.4 is 4.72 Å². The van der Waals surface area contributed by atoms with E-state index in [1.807, 2.05) is 30.3 Å². The molecule has 2 N–H and O–H groups in total. The lowest BCUT2D eigenvalue weighted by Gasteiger charge is -2.26. The molecule has 1 atom stereocenters. The van der Waals surface area contributed by atoms with Crippen LogP contribution in [0.5, 0.6) is 0 Å². The van der Waals surface area contributed by atoms with E-state index in [2.05, 4.69) is 4.72 Å². The second kappa shape index (κ2) is 5.50. The summed E-state index contributed by atoms with van der Waals surface area (Å²) in [5, 5.41) is 0. The van der Waals surface area contributed by atoms with Gasteiger partial charge in [0.2, 0.25) is 0 Å². The highest BCUT2D eigenvalue weighted by Gasteiger charge is 2.39. The van der Waals surface area contributed by atoms with Gasteiger partial charge in [0, 0.05) is 4.90 Å². The molecule has 0 fully saturated rings. The summed E-state index contributed by atoms with van der Waals surface area (Å²) in [4.78, 5) is -0.566. The molecule has 1 heterocycles. The van der Waals surface area contributed by atoms with Gasteiger partial charge in [-0.3, -0.25) is 4.55 Å². The van der Waals surface area contributed by atoms with Gasteiger partial charge in [-0.2, -0.15) is 8.42 Å². The minimum atomic E-state index is -4.25. The van der Waals surface area contributed by atoms with E-state index in [1.165, 1.54) is 18.0 Å². The van der Waals surface area contributed by atoms with Crippen LogP contribution in [0.2, 0.25) is 0 Å². The van der Waals surface area contributed by atoms with Crippen molar-refractivity contribution in [2.75, 3.05) is 0 Å². The normalized spacial score (nSPS) is 23.3. The quantitative estimate of drug-likeness (QED) is 0.649. The lowest BCUT2D eigenvalue weighted by Crippen LogP contribution is -2.46. The molecule has 1 unspecified atom stereocenters. The van der Waals surface area contributed by atoms with Crippen LogP contribution in [0.3, 0.4) is 0 Å². The van der Waals surface area contributed by atoms with Crippen LogP contribution >= 0.6 is 11.9 Å². The fourth-order valence-electron chi connectivity index (χ4n) is 1.77. The van der Waals surface area contributed by atoms with Crippen molar-refractivity contribution in [3.05, 3.63) is 48.1 Å². The largest absolute Gasteiger partial charge is 0.288 e. The minimum absolute atomic E-state index is 0.228. The Morgan fingerprint density at radius 3 is 2.74 bits per heavy atom. The van der Waals surface area contributed by atoms with Crippen molar-refractivity contribution in [2.45, 2.75) is 23.1 Å². The van der Waals surface area contributed by atoms with Gasteiger partial charge in [0.1, 0.15) is 0 Å². The Balaban J connectivity index is 2.46. The van der Waals surface area contributed by atoms with Gasteiger partial charge in [-0.1, -0.05) is 43.4 Å². The first-order valence-corrected chi connectivity index (χ1v) is 8.10. The third-order valence-electron chi connectivity index (χ3n) is 2.99. The number of hydrogen-bond donors (Lipinski definition) is 2. The predicted octanol–water partition coefficient (Wildman–Crippen LogP) is 2.86. The average molecular weight is 297 g/mol. The van der Waals surface area contributed by atoms with E-state index in [-0.39, 0.29) is 6.42 Å². The van der Waals surface area contributed by atoms with Crippen LogP contribution in [0.4, 0.5) is 0 Å². The molecule has 0 amide bonds. The summed E-state index contributed by atoms with van der Waals surface area (Å²) in [6.07, 6.45) is 6.99. The first-order chi connectivity index (χ1) is 8.98. The van der Waals surface area contributed by atoms with Crippen molar-refractivity contribution in [3.8, 4) is 0 Å².